The van der Waals surface area contributed by atoms with Crippen LogP contribution in [0.3, 0.4) is 0 Å². The minimum atomic E-state index is -0.472. The van der Waals surface area contributed by atoms with Gasteiger partial charge < -0.3 is 4.57 Å². The molecule has 0 bridgehead atoms. The van der Waals surface area contributed by atoms with E-state index in [2.05, 4.69) is 15.0 Å². The molecule has 0 aromatic carbocycles. The lowest BCUT2D eigenvalue weighted by atomic mass is 9.95. The standard InChI is InChI=1S/C11H14N4O2/c16-10-8-9(13-11(17)14-10)15(6-12-8)7-4-2-1-3-5-7/h6-7H,1-5H2,(H2,13,14,16,17). The molecule has 90 valence electrons. The van der Waals surface area contributed by atoms with E-state index in [9.17, 15) is 9.59 Å². The van der Waals surface area contributed by atoms with Gasteiger partial charge in [-0.2, -0.15) is 0 Å². The van der Waals surface area contributed by atoms with Crippen LogP contribution in [-0.2, 0) is 0 Å². The van der Waals surface area contributed by atoms with Crippen LogP contribution in [0.2, 0.25) is 0 Å². The second-order valence-electron chi connectivity index (χ2n) is 4.55. The second kappa shape index (κ2) is 3.87. The number of H-pyrrole nitrogens is 2. The SMILES string of the molecule is O=c1[nH]c(=O)c2ncn(C3CCCCC3)c2[nH]1. The Kier molecular flexibility index (Phi) is 2.35. The van der Waals surface area contributed by atoms with Crippen LogP contribution in [0.1, 0.15) is 38.1 Å². The van der Waals surface area contributed by atoms with Crippen LogP contribution in [0.4, 0.5) is 0 Å². The van der Waals surface area contributed by atoms with Crippen molar-refractivity contribution in [3.63, 3.8) is 0 Å². The first kappa shape index (κ1) is 10.3. The highest BCUT2D eigenvalue weighted by molar-refractivity contribution is 5.68. The Bertz CT molecular complexity index is 645. The molecule has 2 heterocycles. The molecular weight excluding hydrogens is 220 g/mol. The van der Waals surface area contributed by atoms with Crippen molar-refractivity contribution in [2.45, 2.75) is 38.1 Å². The van der Waals surface area contributed by atoms with E-state index >= 15 is 0 Å². The Labute approximate surface area is 96.7 Å². The molecule has 1 aliphatic rings. The van der Waals surface area contributed by atoms with E-state index in [1.54, 1.807) is 6.33 Å². The fourth-order valence-corrected chi connectivity index (χ4v) is 2.59. The molecule has 0 radical (unpaired) electrons. The molecule has 2 N–H and O–H groups in total. The summed E-state index contributed by atoms with van der Waals surface area (Å²) in [5, 5.41) is 0. The first-order valence-corrected chi connectivity index (χ1v) is 5.95. The number of imidazole rings is 1. The van der Waals surface area contributed by atoms with Gasteiger partial charge in [0.05, 0.1) is 6.33 Å². The number of fused-ring (bicyclic) bond motifs is 1. The van der Waals surface area contributed by atoms with Crippen LogP contribution in [0, 0.1) is 0 Å². The number of nitrogens with one attached hydrogen (secondary N) is 2. The smallest absolute Gasteiger partial charge is 0.313 e. The van der Waals surface area contributed by atoms with E-state index in [-0.39, 0.29) is 0 Å². The van der Waals surface area contributed by atoms with E-state index in [1.165, 1.54) is 19.3 Å². The molecule has 0 unspecified atom stereocenters. The summed E-state index contributed by atoms with van der Waals surface area (Å²) < 4.78 is 1.94. The van der Waals surface area contributed by atoms with Crippen molar-refractivity contribution in [2.75, 3.05) is 0 Å². The average Bonchev–Trinajstić information content (AvgIpc) is 2.74. The number of hydrogen-bond donors (Lipinski definition) is 2. The van der Waals surface area contributed by atoms with Gasteiger partial charge in [-0.1, -0.05) is 19.3 Å². The van der Waals surface area contributed by atoms with Crippen LogP contribution >= 0.6 is 0 Å². The maximum Gasteiger partial charge on any atom is 0.327 e. The molecule has 0 amide bonds. The lowest BCUT2D eigenvalue weighted by Crippen LogP contribution is -2.23. The number of aromatic nitrogens is 4. The molecule has 2 aromatic rings. The van der Waals surface area contributed by atoms with Crippen LogP contribution in [0.25, 0.3) is 11.2 Å². The molecule has 1 saturated carbocycles. The van der Waals surface area contributed by atoms with Gasteiger partial charge in [0.1, 0.15) is 5.65 Å². The van der Waals surface area contributed by atoms with Crippen molar-refractivity contribution < 1.29 is 0 Å². The van der Waals surface area contributed by atoms with Crippen molar-refractivity contribution in [3.8, 4) is 0 Å². The maximum absolute atomic E-state index is 11.5. The zero-order valence-electron chi connectivity index (χ0n) is 9.40. The Hall–Kier alpha value is -1.85. The zero-order valence-corrected chi connectivity index (χ0v) is 9.40. The Morgan fingerprint density at radius 2 is 1.94 bits per heavy atom. The van der Waals surface area contributed by atoms with E-state index < -0.39 is 11.2 Å². The monoisotopic (exact) mass is 234 g/mol. The van der Waals surface area contributed by atoms with Crippen LogP contribution in [0.15, 0.2) is 15.9 Å². The Morgan fingerprint density at radius 3 is 2.71 bits per heavy atom. The highest BCUT2D eigenvalue weighted by atomic mass is 16.2. The van der Waals surface area contributed by atoms with Crippen molar-refractivity contribution in [1.82, 2.24) is 19.5 Å². The van der Waals surface area contributed by atoms with E-state index in [4.69, 9.17) is 0 Å². The molecule has 1 fully saturated rings. The third-order valence-corrected chi connectivity index (χ3v) is 3.44. The van der Waals surface area contributed by atoms with E-state index in [0.29, 0.717) is 17.2 Å². The van der Waals surface area contributed by atoms with Gasteiger partial charge >= 0.3 is 5.69 Å². The summed E-state index contributed by atoms with van der Waals surface area (Å²) in [6.07, 6.45) is 7.47. The highest BCUT2D eigenvalue weighted by Gasteiger charge is 2.18. The van der Waals surface area contributed by atoms with Gasteiger partial charge in [0.25, 0.3) is 5.56 Å². The topological polar surface area (TPSA) is 83.5 Å². The minimum absolute atomic E-state index is 0.315. The molecule has 6 heteroatoms. The molecule has 6 nitrogen and oxygen atoms in total. The second-order valence-corrected chi connectivity index (χ2v) is 4.55. The molecule has 0 saturated heterocycles. The Morgan fingerprint density at radius 1 is 1.18 bits per heavy atom. The summed E-state index contributed by atoms with van der Waals surface area (Å²) in [6, 6.07) is 0.353. The predicted octanol–water partition coefficient (Wildman–Crippen LogP) is 0.918. The molecule has 0 aliphatic heterocycles. The normalized spacial score (nSPS) is 17.6. The van der Waals surface area contributed by atoms with Crippen molar-refractivity contribution >= 4 is 11.2 Å². The Balaban J connectivity index is 2.17. The highest BCUT2D eigenvalue weighted by Crippen LogP contribution is 2.29. The molecule has 0 atom stereocenters. The van der Waals surface area contributed by atoms with E-state index in [1.807, 2.05) is 4.57 Å². The molecule has 17 heavy (non-hydrogen) atoms. The lowest BCUT2D eigenvalue weighted by molar-refractivity contribution is 0.358. The van der Waals surface area contributed by atoms with Gasteiger partial charge in [-0.3, -0.25) is 14.8 Å². The van der Waals surface area contributed by atoms with Crippen molar-refractivity contribution in [2.24, 2.45) is 0 Å². The van der Waals surface area contributed by atoms with Gasteiger partial charge in [-0.05, 0) is 12.8 Å². The fraction of sp³-hybridized carbons (Fsp3) is 0.545. The van der Waals surface area contributed by atoms with Gasteiger partial charge in [-0.15, -0.1) is 0 Å². The molecule has 3 rings (SSSR count). The molecule has 1 aliphatic carbocycles. The van der Waals surface area contributed by atoms with Gasteiger partial charge in [0.15, 0.2) is 5.52 Å². The third-order valence-electron chi connectivity index (χ3n) is 3.44. The summed E-state index contributed by atoms with van der Waals surface area (Å²) in [5.41, 5.74) is -0.0285. The number of rotatable bonds is 1. The lowest BCUT2D eigenvalue weighted by Gasteiger charge is -2.23. The van der Waals surface area contributed by atoms with E-state index in [0.717, 1.165) is 12.8 Å². The quantitative estimate of drug-likeness (QED) is 0.769. The van der Waals surface area contributed by atoms with Crippen LogP contribution in [-0.4, -0.2) is 19.5 Å². The summed E-state index contributed by atoms with van der Waals surface area (Å²) in [5.74, 6) is 0. The van der Waals surface area contributed by atoms with Gasteiger partial charge in [0.2, 0.25) is 0 Å². The molecule has 2 aromatic heterocycles. The summed E-state index contributed by atoms with van der Waals surface area (Å²) in [6.45, 7) is 0. The fourth-order valence-electron chi connectivity index (χ4n) is 2.59. The number of nitrogens with zero attached hydrogens (tertiary/aromatic N) is 2. The zero-order chi connectivity index (χ0) is 11.8. The van der Waals surface area contributed by atoms with Crippen LogP contribution in [0.5, 0.6) is 0 Å². The first-order valence-electron chi connectivity index (χ1n) is 5.95. The largest absolute Gasteiger partial charge is 0.327 e. The first-order chi connectivity index (χ1) is 8.25. The predicted molar refractivity (Wildman–Crippen MR) is 63.1 cm³/mol. The summed E-state index contributed by atoms with van der Waals surface area (Å²) in [7, 11) is 0. The molecule has 0 spiro atoms. The van der Waals surface area contributed by atoms with Crippen molar-refractivity contribution in [1.29, 1.82) is 0 Å². The third kappa shape index (κ3) is 1.69. The summed E-state index contributed by atoms with van der Waals surface area (Å²) >= 11 is 0. The van der Waals surface area contributed by atoms with Gasteiger partial charge in [0, 0.05) is 6.04 Å². The van der Waals surface area contributed by atoms with Crippen LogP contribution < -0.4 is 11.2 Å². The average molecular weight is 234 g/mol. The number of hydrogen-bond acceptors (Lipinski definition) is 3. The maximum atomic E-state index is 11.5. The van der Waals surface area contributed by atoms with Crippen molar-refractivity contribution in [3.05, 3.63) is 27.2 Å². The number of aromatic amines is 2. The van der Waals surface area contributed by atoms with Gasteiger partial charge in [-0.25, -0.2) is 9.78 Å². The molecular formula is C11H14N4O2. The summed E-state index contributed by atoms with van der Waals surface area (Å²) in [4.78, 5) is 31.8. The minimum Gasteiger partial charge on any atom is -0.313 e.